The monoisotopic (exact) mass is 488 g/mol. The van der Waals surface area contributed by atoms with Crippen molar-refractivity contribution in [2.24, 2.45) is 11.8 Å². The summed E-state index contributed by atoms with van der Waals surface area (Å²) in [7, 11) is 0. The second-order valence-corrected chi connectivity index (χ2v) is 11.2. The van der Waals surface area contributed by atoms with E-state index in [-0.39, 0.29) is 12.4 Å². The van der Waals surface area contributed by atoms with Gasteiger partial charge in [0, 0.05) is 64.3 Å². The zero-order chi connectivity index (χ0) is 22.5. The SMILES string of the molecule is Cl.O=C(CCC[C@H]1NC[C@@H]2C[C@H]1CN(Cc1ccccc1)C2)N1CCN(C2CCCCC2)CC1. The van der Waals surface area contributed by atoms with Crippen molar-refractivity contribution in [2.75, 3.05) is 45.8 Å². The van der Waals surface area contributed by atoms with Crippen LogP contribution >= 0.6 is 12.4 Å². The molecule has 3 aliphatic heterocycles. The summed E-state index contributed by atoms with van der Waals surface area (Å²) < 4.78 is 0. The van der Waals surface area contributed by atoms with Gasteiger partial charge in [-0.2, -0.15) is 0 Å². The van der Waals surface area contributed by atoms with Gasteiger partial charge in [0.1, 0.15) is 0 Å². The number of carbonyl (C=O) groups is 1. The third-order valence-electron chi connectivity index (χ3n) is 8.80. The molecule has 1 aromatic rings. The van der Waals surface area contributed by atoms with Gasteiger partial charge in [0.15, 0.2) is 0 Å². The minimum Gasteiger partial charge on any atom is -0.340 e. The van der Waals surface area contributed by atoms with Crippen molar-refractivity contribution in [3.05, 3.63) is 35.9 Å². The minimum atomic E-state index is 0. The predicted octanol–water partition coefficient (Wildman–Crippen LogP) is 4.17. The standard InChI is InChI=1S/C28H44N4O.ClH/c33-28(32-16-14-31(15-17-32)26-10-5-2-6-11-26)13-7-12-27-25-18-24(19-29-27)21-30(22-25)20-23-8-3-1-4-9-23;/h1,3-4,8-9,24-27,29H,2,5-7,10-22H2;1H/t24-,25-,27+;/m0./s1. The third kappa shape index (κ3) is 6.75. The molecule has 3 heterocycles. The number of nitrogens with one attached hydrogen (secondary N) is 1. The Kier molecular flexibility index (Phi) is 9.70. The fourth-order valence-corrected chi connectivity index (χ4v) is 7.00. The van der Waals surface area contributed by atoms with Crippen LogP contribution < -0.4 is 5.32 Å². The van der Waals surface area contributed by atoms with E-state index >= 15 is 0 Å². The summed E-state index contributed by atoms with van der Waals surface area (Å²) in [5.74, 6) is 1.91. The van der Waals surface area contributed by atoms with Crippen LogP contribution in [0.4, 0.5) is 0 Å². The molecular weight excluding hydrogens is 444 g/mol. The lowest BCUT2D eigenvalue weighted by Gasteiger charge is -2.46. The highest BCUT2D eigenvalue weighted by molar-refractivity contribution is 5.85. The Morgan fingerprint density at radius 2 is 1.74 bits per heavy atom. The molecule has 3 atom stereocenters. The smallest absolute Gasteiger partial charge is 0.222 e. The molecule has 0 spiro atoms. The summed E-state index contributed by atoms with van der Waals surface area (Å²) in [5.41, 5.74) is 1.43. The Bertz CT molecular complexity index is 748. The maximum atomic E-state index is 12.9. The predicted molar refractivity (Wildman–Crippen MR) is 141 cm³/mol. The van der Waals surface area contributed by atoms with Crippen molar-refractivity contribution in [2.45, 2.75) is 76.4 Å². The van der Waals surface area contributed by atoms with Crippen molar-refractivity contribution in [1.29, 1.82) is 0 Å². The molecule has 0 radical (unpaired) electrons. The maximum Gasteiger partial charge on any atom is 0.222 e. The topological polar surface area (TPSA) is 38.8 Å². The first-order valence-electron chi connectivity index (χ1n) is 13.8. The Morgan fingerprint density at radius 3 is 2.50 bits per heavy atom. The molecule has 5 nitrogen and oxygen atoms in total. The van der Waals surface area contributed by atoms with Crippen LogP contribution in [0.3, 0.4) is 0 Å². The lowest BCUT2D eigenvalue weighted by atomic mass is 9.79. The summed E-state index contributed by atoms with van der Waals surface area (Å²) in [6.07, 6.45) is 11.2. The highest BCUT2D eigenvalue weighted by Gasteiger charge is 2.36. The Balaban J connectivity index is 0.00000274. The molecule has 0 aromatic heterocycles. The number of hydrogen-bond acceptors (Lipinski definition) is 4. The van der Waals surface area contributed by atoms with Gasteiger partial charge in [0.25, 0.3) is 0 Å². The van der Waals surface area contributed by atoms with Crippen molar-refractivity contribution in [3.63, 3.8) is 0 Å². The summed E-state index contributed by atoms with van der Waals surface area (Å²) in [6.45, 7) is 8.68. The van der Waals surface area contributed by atoms with Crippen LogP contribution in [0.5, 0.6) is 0 Å². The maximum absolute atomic E-state index is 12.9. The van der Waals surface area contributed by atoms with Gasteiger partial charge < -0.3 is 10.2 Å². The van der Waals surface area contributed by atoms with Gasteiger partial charge in [-0.25, -0.2) is 0 Å². The number of likely N-dealkylation sites (tertiary alicyclic amines) is 1. The fraction of sp³-hybridized carbons (Fsp3) is 0.750. The van der Waals surface area contributed by atoms with Crippen molar-refractivity contribution in [3.8, 4) is 0 Å². The average molecular weight is 489 g/mol. The lowest BCUT2D eigenvalue weighted by Crippen LogP contribution is -2.56. The van der Waals surface area contributed by atoms with E-state index < -0.39 is 0 Å². The largest absolute Gasteiger partial charge is 0.340 e. The number of nitrogens with zero attached hydrogens (tertiary/aromatic N) is 3. The summed E-state index contributed by atoms with van der Waals surface area (Å²) in [6, 6.07) is 12.3. The van der Waals surface area contributed by atoms with E-state index in [4.69, 9.17) is 0 Å². The summed E-state index contributed by atoms with van der Waals surface area (Å²) >= 11 is 0. The Hall–Kier alpha value is -1.14. The first kappa shape index (κ1) is 25.9. The van der Waals surface area contributed by atoms with E-state index in [1.54, 1.807) is 0 Å². The fourth-order valence-electron chi connectivity index (χ4n) is 7.00. The van der Waals surface area contributed by atoms with Crippen LogP contribution in [0.15, 0.2) is 30.3 Å². The number of halogens is 1. The van der Waals surface area contributed by atoms with E-state index in [2.05, 4.69) is 50.3 Å². The highest BCUT2D eigenvalue weighted by atomic mass is 35.5. The molecule has 2 bridgehead atoms. The number of rotatable bonds is 7. The highest BCUT2D eigenvalue weighted by Crippen LogP contribution is 2.31. The number of piperazine rings is 1. The molecule has 1 N–H and O–H groups in total. The lowest BCUT2D eigenvalue weighted by molar-refractivity contribution is -0.133. The molecule has 1 aromatic carbocycles. The number of hydrogen-bond donors (Lipinski definition) is 1. The molecule has 4 aliphatic rings. The molecule has 1 aliphatic carbocycles. The van der Waals surface area contributed by atoms with Crippen LogP contribution in [0.25, 0.3) is 0 Å². The number of carbonyl (C=O) groups excluding carboxylic acids is 1. The number of amides is 1. The normalized spacial score (nSPS) is 28.9. The second kappa shape index (κ2) is 12.7. The van der Waals surface area contributed by atoms with Gasteiger partial charge in [-0.3, -0.25) is 14.6 Å². The third-order valence-corrected chi connectivity index (χ3v) is 8.80. The Morgan fingerprint density at radius 1 is 0.971 bits per heavy atom. The molecule has 0 unspecified atom stereocenters. The molecule has 4 fully saturated rings. The molecule has 6 heteroatoms. The molecule has 5 rings (SSSR count). The van der Waals surface area contributed by atoms with Gasteiger partial charge in [0.2, 0.25) is 5.91 Å². The van der Waals surface area contributed by atoms with Crippen LogP contribution in [0, 0.1) is 11.8 Å². The molecule has 1 amide bonds. The van der Waals surface area contributed by atoms with Gasteiger partial charge >= 0.3 is 0 Å². The number of benzene rings is 1. The molecule has 3 saturated heterocycles. The minimum absolute atomic E-state index is 0. The van der Waals surface area contributed by atoms with E-state index in [1.807, 2.05) is 0 Å². The van der Waals surface area contributed by atoms with Crippen LogP contribution in [0.1, 0.15) is 63.4 Å². The molecule has 1 saturated carbocycles. The first-order valence-corrected chi connectivity index (χ1v) is 13.8. The number of fused-ring (bicyclic) bond motifs is 2. The Labute approximate surface area is 213 Å². The van der Waals surface area contributed by atoms with E-state index in [0.717, 1.165) is 76.4 Å². The summed E-state index contributed by atoms with van der Waals surface area (Å²) in [5, 5.41) is 3.84. The zero-order valence-corrected chi connectivity index (χ0v) is 21.7. The first-order chi connectivity index (χ1) is 16.2. The molecule has 190 valence electrons. The van der Waals surface area contributed by atoms with Gasteiger partial charge in [-0.05, 0) is 56.0 Å². The number of piperidine rings is 2. The van der Waals surface area contributed by atoms with Gasteiger partial charge in [0.05, 0.1) is 0 Å². The second-order valence-electron chi connectivity index (χ2n) is 11.2. The summed E-state index contributed by atoms with van der Waals surface area (Å²) in [4.78, 5) is 20.3. The average Bonchev–Trinajstić information content (AvgIpc) is 2.86. The van der Waals surface area contributed by atoms with Crippen molar-refractivity contribution in [1.82, 2.24) is 20.0 Å². The molecular formula is C28H45ClN4O. The van der Waals surface area contributed by atoms with E-state index in [1.165, 1.54) is 57.2 Å². The van der Waals surface area contributed by atoms with E-state index in [0.29, 0.717) is 11.9 Å². The van der Waals surface area contributed by atoms with Gasteiger partial charge in [-0.15, -0.1) is 12.4 Å². The van der Waals surface area contributed by atoms with Crippen LogP contribution in [0.2, 0.25) is 0 Å². The zero-order valence-electron chi connectivity index (χ0n) is 20.9. The van der Waals surface area contributed by atoms with E-state index in [9.17, 15) is 4.79 Å². The van der Waals surface area contributed by atoms with Crippen LogP contribution in [-0.4, -0.2) is 78.5 Å². The quantitative estimate of drug-likeness (QED) is 0.625. The molecule has 34 heavy (non-hydrogen) atoms. The van der Waals surface area contributed by atoms with Gasteiger partial charge in [-0.1, -0.05) is 49.6 Å². The van der Waals surface area contributed by atoms with Crippen molar-refractivity contribution >= 4 is 18.3 Å². The van der Waals surface area contributed by atoms with Crippen molar-refractivity contribution < 1.29 is 4.79 Å². The van der Waals surface area contributed by atoms with Crippen LogP contribution in [-0.2, 0) is 11.3 Å².